The predicted molar refractivity (Wildman–Crippen MR) is 100 cm³/mol. The first-order valence-electron chi connectivity index (χ1n) is 8.90. The Morgan fingerprint density at radius 1 is 1.19 bits per heavy atom. The first-order valence-corrected chi connectivity index (χ1v) is 8.90. The topological polar surface area (TPSA) is 67.2 Å². The molecule has 140 valence electrons. The van der Waals surface area contributed by atoms with Crippen molar-refractivity contribution in [1.29, 1.82) is 5.26 Å². The van der Waals surface area contributed by atoms with Gasteiger partial charge >= 0.3 is 5.97 Å². The van der Waals surface area contributed by atoms with Gasteiger partial charge in [-0.1, -0.05) is 55.8 Å². The van der Waals surface area contributed by atoms with Gasteiger partial charge in [0.05, 0.1) is 12.7 Å². The number of ketones is 1. The third-order valence-electron chi connectivity index (χ3n) is 4.49. The molecule has 0 spiro atoms. The largest absolute Gasteiger partial charge is 0.468 e. The van der Waals surface area contributed by atoms with Crippen LogP contribution < -0.4 is 0 Å². The van der Waals surface area contributed by atoms with Crippen molar-refractivity contribution >= 4 is 11.8 Å². The fourth-order valence-corrected chi connectivity index (χ4v) is 2.96. The molecule has 0 bridgehead atoms. The maximum absolute atomic E-state index is 15.0. The molecule has 0 fully saturated rings. The molecule has 27 heavy (non-hydrogen) atoms. The molecule has 1 atom stereocenters. The van der Waals surface area contributed by atoms with E-state index in [-0.39, 0.29) is 29.8 Å². The summed E-state index contributed by atoms with van der Waals surface area (Å²) in [5.74, 6) is -2.71. The van der Waals surface area contributed by atoms with E-state index >= 15 is 0 Å². The molecule has 0 N–H and O–H groups in total. The normalized spacial score (nSPS) is 11.5. The summed E-state index contributed by atoms with van der Waals surface area (Å²) in [7, 11) is 1.21. The van der Waals surface area contributed by atoms with Crippen LogP contribution in [0, 0.1) is 23.1 Å². The smallest absolute Gasteiger partial charge is 0.316 e. The summed E-state index contributed by atoms with van der Waals surface area (Å²) in [6, 6.07) is 14.1. The third-order valence-corrected chi connectivity index (χ3v) is 4.49. The molecule has 0 radical (unpaired) electrons. The zero-order valence-electron chi connectivity index (χ0n) is 15.5. The Morgan fingerprint density at radius 2 is 1.89 bits per heavy atom. The molecule has 0 aliphatic carbocycles. The molecule has 0 aromatic heterocycles. The lowest BCUT2D eigenvalue weighted by Crippen LogP contribution is -2.28. The summed E-state index contributed by atoms with van der Waals surface area (Å²) in [5.41, 5.74) is 1.27. The number of rotatable bonds is 8. The summed E-state index contributed by atoms with van der Waals surface area (Å²) < 4.78 is 19.7. The van der Waals surface area contributed by atoms with Crippen molar-refractivity contribution in [3.05, 3.63) is 59.4 Å². The lowest BCUT2D eigenvalue weighted by molar-refractivity contribution is -0.149. The fraction of sp³-hybridized carbons (Fsp3) is 0.318. The highest BCUT2D eigenvalue weighted by molar-refractivity contribution is 5.99. The Morgan fingerprint density at radius 3 is 2.48 bits per heavy atom. The number of carbonyl (C=O) groups excluding carboxylic acids is 2. The number of nitrogens with zero attached hydrogens (tertiary/aromatic N) is 1. The number of ether oxygens (including phenoxy) is 1. The van der Waals surface area contributed by atoms with Crippen molar-refractivity contribution in [2.75, 3.05) is 7.11 Å². The Kier molecular flexibility index (Phi) is 7.25. The molecule has 5 heteroatoms. The van der Waals surface area contributed by atoms with Gasteiger partial charge in [0, 0.05) is 12.0 Å². The Bertz CT molecular complexity index is 856. The van der Waals surface area contributed by atoms with Gasteiger partial charge in [0.2, 0.25) is 0 Å². The van der Waals surface area contributed by atoms with Gasteiger partial charge < -0.3 is 4.74 Å². The van der Waals surface area contributed by atoms with Crippen LogP contribution in [0.15, 0.2) is 42.5 Å². The van der Waals surface area contributed by atoms with Crippen LogP contribution in [-0.4, -0.2) is 18.9 Å². The highest BCUT2D eigenvalue weighted by atomic mass is 19.1. The molecule has 1 unspecified atom stereocenters. The Hall–Kier alpha value is -3.00. The van der Waals surface area contributed by atoms with Crippen molar-refractivity contribution in [3.63, 3.8) is 0 Å². The van der Waals surface area contributed by atoms with Gasteiger partial charge in [-0.15, -0.1) is 0 Å². The van der Waals surface area contributed by atoms with Crippen LogP contribution in [0.4, 0.5) is 4.39 Å². The quantitative estimate of drug-likeness (QED) is 0.510. The zero-order valence-corrected chi connectivity index (χ0v) is 15.5. The van der Waals surface area contributed by atoms with E-state index in [9.17, 15) is 19.2 Å². The number of carbonyl (C=O) groups is 2. The molecule has 2 rings (SSSR count). The van der Waals surface area contributed by atoms with Crippen molar-refractivity contribution in [1.82, 2.24) is 0 Å². The molecule has 2 aromatic rings. The predicted octanol–water partition coefficient (Wildman–Crippen LogP) is 4.46. The minimum Gasteiger partial charge on any atom is -0.468 e. The summed E-state index contributed by atoms with van der Waals surface area (Å²) in [5, 5.41) is 9.45. The lowest BCUT2D eigenvalue weighted by atomic mass is 9.89. The molecule has 0 heterocycles. The number of esters is 1. The van der Waals surface area contributed by atoms with Gasteiger partial charge in [-0.3, -0.25) is 9.59 Å². The standard InChI is InChI=1S/C22H22FNO3/c1-3-4-10-20(25)18(22(26)27-2)13-16-11-12-17(19(14-24)21(16)23)15-8-6-5-7-9-15/h5-9,11-12,18H,3-4,10,13H2,1-2H3. The summed E-state index contributed by atoms with van der Waals surface area (Å²) >= 11 is 0. The first kappa shape index (κ1) is 20.3. The second-order valence-electron chi connectivity index (χ2n) is 6.29. The van der Waals surface area contributed by atoms with Crippen LogP contribution in [0.25, 0.3) is 11.1 Å². The average molecular weight is 367 g/mol. The summed E-state index contributed by atoms with van der Waals surface area (Å²) in [4.78, 5) is 24.4. The van der Waals surface area contributed by atoms with Crippen LogP contribution in [0.1, 0.15) is 37.3 Å². The molecule has 4 nitrogen and oxygen atoms in total. The van der Waals surface area contributed by atoms with E-state index in [4.69, 9.17) is 4.74 Å². The SMILES string of the molecule is CCCCC(=O)C(Cc1ccc(-c2ccccc2)c(C#N)c1F)C(=O)OC. The van der Waals surface area contributed by atoms with Crippen molar-refractivity contribution < 1.29 is 18.7 Å². The number of Topliss-reactive ketones (excluding diaryl/α,β-unsaturated/α-hetero) is 1. The van der Waals surface area contributed by atoms with Gasteiger partial charge in [-0.25, -0.2) is 4.39 Å². The van der Waals surface area contributed by atoms with Crippen LogP contribution in [0.2, 0.25) is 0 Å². The molecular weight excluding hydrogens is 345 g/mol. The van der Waals surface area contributed by atoms with Gasteiger partial charge in [0.25, 0.3) is 0 Å². The molecule has 0 saturated carbocycles. The van der Waals surface area contributed by atoms with Gasteiger partial charge in [0.1, 0.15) is 23.6 Å². The number of hydrogen-bond donors (Lipinski definition) is 0. The molecule has 0 aliphatic heterocycles. The van der Waals surface area contributed by atoms with E-state index in [2.05, 4.69) is 0 Å². The van der Waals surface area contributed by atoms with Gasteiger partial charge in [0.15, 0.2) is 0 Å². The van der Waals surface area contributed by atoms with Crippen molar-refractivity contribution in [3.8, 4) is 17.2 Å². The number of methoxy groups -OCH3 is 1. The number of benzene rings is 2. The van der Waals surface area contributed by atoms with Crippen LogP contribution >= 0.6 is 0 Å². The monoisotopic (exact) mass is 367 g/mol. The number of hydrogen-bond acceptors (Lipinski definition) is 4. The summed E-state index contributed by atoms with van der Waals surface area (Å²) in [6.07, 6.45) is 1.60. The number of nitriles is 1. The lowest BCUT2D eigenvalue weighted by Gasteiger charge is -2.15. The van der Waals surface area contributed by atoms with Crippen LogP contribution in [0.3, 0.4) is 0 Å². The van der Waals surface area contributed by atoms with E-state index in [0.717, 1.165) is 12.0 Å². The van der Waals surface area contributed by atoms with E-state index < -0.39 is 17.7 Å². The Labute approximate surface area is 158 Å². The number of halogens is 1. The highest BCUT2D eigenvalue weighted by Gasteiger charge is 2.29. The molecule has 0 amide bonds. The van der Waals surface area contributed by atoms with E-state index in [1.165, 1.54) is 13.2 Å². The van der Waals surface area contributed by atoms with Crippen LogP contribution in [0.5, 0.6) is 0 Å². The zero-order chi connectivity index (χ0) is 19.8. The highest BCUT2D eigenvalue weighted by Crippen LogP contribution is 2.28. The van der Waals surface area contributed by atoms with E-state index in [0.29, 0.717) is 12.0 Å². The van der Waals surface area contributed by atoms with E-state index in [1.54, 1.807) is 18.2 Å². The molecular formula is C22H22FNO3. The maximum atomic E-state index is 15.0. The number of unbranched alkanes of at least 4 members (excludes halogenated alkanes) is 1. The van der Waals surface area contributed by atoms with Gasteiger partial charge in [-0.2, -0.15) is 5.26 Å². The van der Waals surface area contributed by atoms with Gasteiger partial charge in [-0.05, 0) is 24.0 Å². The molecule has 0 saturated heterocycles. The second-order valence-corrected chi connectivity index (χ2v) is 6.29. The van der Waals surface area contributed by atoms with Crippen LogP contribution in [-0.2, 0) is 20.7 Å². The first-order chi connectivity index (χ1) is 13.0. The summed E-state index contributed by atoms with van der Waals surface area (Å²) in [6.45, 7) is 1.95. The fourth-order valence-electron chi connectivity index (χ4n) is 2.96. The second kappa shape index (κ2) is 9.63. The minimum absolute atomic E-state index is 0.0941. The molecule has 2 aromatic carbocycles. The molecule has 0 aliphatic rings. The minimum atomic E-state index is -1.06. The van der Waals surface area contributed by atoms with Crippen molar-refractivity contribution in [2.24, 2.45) is 5.92 Å². The van der Waals surface area contributed by atoms with E-state index in [1.807, 2.05) is 31.2 Å². The third kappa shape index (κ3) is 4.79. The maximum Gasteiger partial charge on any atom is 0.316 e. The average Bonchev–Trinajstić information content (AvgIpc) is 2.70. The van der Waals surface area contributed by atoms with Crippen molar-refractivity contribution in [2.45, 2.75) is 32.6 Å². The Balaban J connectivity index is 2.39.